The molecule has 1 aliphatic rings. The summed E-state index contributed by atoms with van der Waals surface area (Å²) in [5, 5.41) is 8.81. The van der Waals surface area contributed by atoms with Gasteiger partial charge in [0.1, 0.15) is 5.82 Å². The summed E-state index contributed by atoms with van der Waals surface area (Å²) in [6, 6.07) is 12.3. The highest BCUT2D eigenvalue weighted by Gasteiger charge is 2.20. The first-order valence-electron chi connectivity index (χ1n) is 6.00. The number of carbonyl (C=O) groups is 1. The summed E-state index contributed by atoms with van der Waals surface area (Å²) < 4.78 is 13.7. The Morgan fingerprint density at radius 3 is 2.26 bits per heavy atom. The lowest BCUT2D eigenvalue weighted by atomic mass is 10.1. The molecule has 1 aliphatic heterocycles. The minimum Gasteiger partial charge on any atom is -0.478 e. The average Bonchev–Trinajstić information content (AvgIpc) is 2.81. The normalized spacial score (nSPS) is 13.4. The van der Waals surface area contributed by atoms with Crippen LogP contribution in [0.4, 0.5) is 10.1 Å². The van der Waals surface area contributed by atoms with Crippen molar-refractivity contribution in [1.82, 2.24) is 0 Å². The number of nitrogens with zero attached hydrogens (tertiary/aromatic N) is 1. The van der Waals surface area contributed by atoms with Crippen LogP contribution in [0.15, 0.2) is 42.5 Å². The van der Waals surface area contributed by atoms with Crippen LogP contribution in [0.3, 0.4) is 0 Å². The van der Waals surface area contributed by atoms with Crippen LogP contribution in [0, 0.1) is 5.82 Å². The Morgan fingerprint density at radius 2 is 1.74 bits per heavy atom. The maximum absolute atomic E-state index is 13.7. The van der Waals surface area contributed by atoms with Crippen molar-refractivity contribution in [2.24, 2.45) is 0 Å². The van der Waals surface area contributed by atoms with Crippen LogP contribution in [0.25, 0.3) is 0 Å². The third-order valence-corrected chi connectivity index (χ3v) is 3.39. The molecule has 2 aromatic rings. The SMILES string of the molecule is O=C(O)c1ccc(N2Cc3ccccc3C2)cc1F. The zero-order chi connectivity index (χ0) is 13.4. The molecule has 3 rings (SSSR count). The van der Waals surface area contributed by atoms with Gasteiger partial charge >= 0.3 is 5.97 Å². The molecule has 0 unspecified atom stereocenters. The van der Waals surface area contributed by atoms with Crippen molar-refractivity contribution in [1.29, 1.82) is 0 Å². The second kappa shape index (κ2) is 4.39. The molecule has 2 aromatic carbocycles. The van der Waals surface area contributed by atoms with E-state index in [2.05, 4.69) is 12.1 Å². The van der Waals surface area contributed by atoms with Gasteiger partial charge in [-0.25, -0.2) is 9.18 Å². The molecule has 0 atom stereocenters. The number of anilines is 1. The van der Waals surface area contributed by atoms with Crippen LogP contribution in [0.1, 0.15) is 21.5 Å². The summed E-state index contributed by atoms with van der Waals surface area (Å²) in [4.78, 5) is 12.8. The fourth-order valence-electron chi connectivity index (χ4n) is 2.39. The fourth-order valence-corrected chi connectivity index (χ4v) is 2.39. The van der Waals surface area contributed by atoms with Gasteiger partial charge in [-0.15, -0.1) is 0 Å². The lowest BCUT2D eigenvalue weighted by Gasteiger charge is -2.18. The number of carboxylic acid groups (broad SMARTS) is 1. The highest BCUT2D eigenvalue weighted by molar-refractivity contribution is 5.88. The van der Waals surface area contributed by atoms with E-state index in [0.29, 0.717) is 5.69 Å². The molecule has 0 spiro atoms. The van der Waals surface area contributed by atoms with Crippen molar-refractivity contribution in [2.45, 2.75) is 13.1 Å². The van der Waals surface area contributed by atoms with Crippen molar-refractivity contribution in [2.75, 3.05) is 4.90 Å². The predicted molar refractivity (Wildman–Crippen MR) is 69.7 cm³/mol. The Kier molecular flexibility index (Phi) is 2.71. The minimum atomic E-state index is -1.24. The molecule has 1 heterocycles. The standard InChI is InChI=1S/C15H12FNO2/c16-14-7-12(5-6-13(14)15(18)19)17-8-10-3-1-2-4-11(10)9-17/h1-7H,8-9H2,(H,18,19). The minimum absolute atomic E-state index is 0.291. The van der Waals surface area contributed by atoms with Gasteiger partial charge in [0.25, 0.3) is 0 Å². The van der Waals surface area contributed by atoms with Gasteiger partial charge in [-0.3, -0.25) is 0 Å². The molecule has 4 heteroatoms. The number of hydrogen-bond acceptors (Lipinski definition) is 2. The van der Waals surface area contributed by atoms with Crippen molar-refractivity contribution in [3.05, 3.63) is 65.0 Å². The molecule has 0 amide bonds. The zero-order valence-corrected chi connectivity index (χ0v) is 10.1. The van der Waals surface area contributed by atoms with Crippen molar-refractivity contribution >= 4 is 11.7 Å². The van der Waals surface area contributed by atoms with Gasteiger partial charge in [0.05, 0.1) is 5.56 Å². The third kappa shape index (κ3) is 2.05. The zero-order valence-electron chi connectivity index (χ0n) is 10.1. The van der Waals surface area contributed by atoms with Gasteiger partial charge in [0, 0.05) is 18.8 Å². The maximum atomic E-state index is 13.7. The molecule has 0 aliphatic carbocycles. The number of fused-ring (bicyclic) bond motifs is 1. The van der Waals surface area contributed by atoms with E-state index in [4.69, 9.17) is 5.11 Å². The lowest BCUT2D eigenvalue weighted by molar-refractivity contribution is 0.0692. The third-order valence-electron chi connectivity index (χ3n) is 3.39. The van der Waals surface area contributed by atoms with Crippen molar-refractivity contribution < 1.29 is 14.3 Å². The van der Waals surface area contributed by atoms with E-state index in [-0.39, 0.29) is 5.56 Å². The quantitative estimate of drug-likeness (QED) is 0.899. The number of carboxylic acids is 1. The molecule has 96 valence electrons. The molecule has 0 radical (unpaired) electrons. The van der Waals surface area contributed by atoms with Crippen LogP contribution in [0.5, 0.6) is 0 Å². The number of halogens is 1. The van der Waals surface area contributed by atoms with E-state index >= 15 is 0 Å². The number of aromatic carboxylic acids is 1. The lowest BCUT2D eigenvalue weighted by Crippen LogP contribution is -2.15. The van der Waals surface area contributed by atoms with Gasteiger partial charge < -0.3 is 10.0 Å². The summed E-state index contributed by atoms with van der Waals surface area (Å²) in [6.07, 6.45) is 0. The van der Waals surface area contributed by atoms with Crippen LogP contribution in [0.2, 0.25) is 0 Å². The molecule has 3 nitrogen and oxygen atoms in total. The largest absolute Gasteiger partial charge is 0.478 e. The first kappa shape index (κ1) is 11.7. The summed E-state index contributed by atoms with van der Waals surface area (Å²) in [6.45, 7) is 1.45. The van der Waals surface area contributed by atoms with Gasteiger partial charge in [-0.1, -0.05) is 24.3 Å². The number of benzene rings is 2. The molecule has 0 fully saturated rings. The summed E-state index contributed by atoms with van der Waals surface area (Å²) in [5.74, 6) is -1.94. The smallest absolute Gasteiger partial charge is 0.338 e. The molecule has 1 N–H and O–H groups in total. The maximum Gasteiger partial charge on any atom is 0.338 e. The van der Waals surface area contributed by atoms with Gasteiger partial charge in [-0.2, -0.15) is 0 Å². The number of rotatable bonds is 2. The van der Waals surface area contributed by atoms with E-state index in [1.54, 1.807) is 6.07 Å². The monoisotopic (exact) mass is 257 g/mol. The summed E-state index contributed by atoms with van der Waals surface area (Å²) in [7, 11) is 0. The highest BCUT2D eigenvalue weighted by atomic mass is 19.1. The van der Waals surface area contributed by atoms with Crippen molar-refractivity contribution in [3.63, 3.8) is 0 Å². The van der Waals surface area contributed by atoms with Crippen molar-refractivity contribution in [3.8, 4) is 0 Å². The first-order valence-corrected chi connectivity index (χ1v) is 6.00. The van der Waals surface area contributed by atoms with Crippen LogP contribution < -0.4 is 4.90 Å². The Labute approximate surface area is 109 Å². The first-order chi connectivity index (χ1) is 9.15. The molecule has 0 saturated carbocycles. The highest BCUT2D eigenvalue weighted by Crippen LogP contribution is 2.29. The van der Waals surface area contributed by atoms with E-state index in [9.17, 15) is 9.18 Å². The Balaban J connectivity index is 1.90. The van der Waals surface area contributed by atoms with E-state index in [1.165, 1.54) is 23.3 Å². The van der Waals surface area contributed by atoms with Crippen LogP contribution in [-0.4, -0.2) is 11.1 Å². The summed E-state index contributed by atoms with van der Waals surface area (Å²) in [5.41, 5.74) is 2.87. The van der Waals surface area contributed by atoms with E-state index in [0.717, 1.165) is 13.1 Å². The second-order valence-electron chi connectivity index (χ2n) is 4.59. The fraction of sp³-hybridized carbons (Fsp3) is 0.133. The predicted octanol–water partition coefficient (Wildman–Crippen LogP) is 3.04. The van der Waals surface area contributed by atoms with Crippen LogP contribution in [-0.2, 0) is 13.1 Å². The Bertz CT molecular complexity index is 629. The van der Waals surface area contributed by atoms with Gasteiger partial charge in [0.15, 0.2) is 0 Å². The van der Waals surface area contributed by atoms with Gasteiger partial charge in [0.2, 0.25) is 0 Å². The second-order valence-corrected chi connectivity index (χ2v) is 4.59. The summed E-state index contributed by atoms with van der Waals surface area (Å²) >= 11 is 0. The average molecular weight is 257 g/mol. The van der Waals surface area contributed by atoms with E-state index in [1.807, 2.05) is 17.0 Å². The molecule has 0 saturated heterocycles. The number of hydrogen-bond donors (Lipinski definition) is 1. The Morgan fingerprint density at radius 1 is 1.11 bits per heavy atom. The topological polar surface area (TPSA) is 40.5 Å². The van der Waals surface area contributed by atoms with Crippen LogP contribution >= 0.6 is 0 Å². The molecular formula is C15H12FNO2. The molecular weight excluding hydrogens is 245 g/mol. The van der Waals surface area contributed by atoms with Gasteiger partial charge in [-0.05, 0) is 29.3 Å². The molecule has 0 aromatic heterocycles. The van der Waals surface area contributed by atoms with E-state index < -0.39 is 11.8 Å². The molecule has 19 heavy (non-hydrogen) atoms. The Hall–Kier alpha value is -2.36. The molecule has 0 bridgehead atoms.